The fourth-order valence-electron chi connectivity index (χ4n) is 3.84. The maximum absolute atomic E-state index is 13.3. The normalized spacial score (nSPS) is 18.5. The molecule has 2 atom stereocenters. The van der Waals surface area contributed by atoms with Gasteiger partial charge in [0.15, 0.2) is 0 Å². The molecule has 0 spiro atoms. The van der Waals surface area contributed by atoms with Crippen molar-refractivity contribution in [2.24, 2.45) is 5.92 Å². The first-order valence-corrected chi connectivity index (χ1v) is 9.92. The van der Waals surface area contributed by atoms with E-state index in [0.29, 0.717) is 11.1 Å². The van der Waals surface area contributed by atoms with Crippen molar-refractivity contribution in [2.75, 3.05) is 11.5 Å². The third-order valence-electron chi connectivity index (χ3n) is 5.32. The summed E-state index contributed by atoms with van der Waals surface area (Å²) in [5.41, 5.74) is -0.254. The molecule has 2 aromatic rings. The number of amides is 1. The lowest BCUT2D eigenvalue weighted by Gasteiger charge is -2.37. The zero-order valence-corrected chi connectivity index (χ0v) is 17.7. The van der Waals surface area contributed by atoms with E-state index in [0.717, 1.165) is 23.1 Å². The molecule has 0 bridgehead atoms. The first-order valence-electron chi connectivity index (χ1n) is 9.92. The molecule has 0 aromatic heterocycles. The van der Waals surface area contributed by atoms with Gasteiger partial charge in [-0.3, -0.25) is 9.69 Å². The molecule has 1 aliphatic rings. The van der Waals surface area contributed by atoms with E-state index in [-0.39, 0.29) is 23.6 Å². The molecule has 0 saturated heterocycles. The monoisotopic (exact) mass is 453 g/mol. The average molecular weight is 453 g/mol. The van der Waals surface area contributed by atoms with Gasteiger partial charge in [-0.25, -0.2) is 4.79 Å². The Morgan fingerprint density at radius 3 is 2.36 bits per heavy atom. The number of alkyl halides is 3. The highest BCUT2D eigenvalue weighted by atomic mass is 19.4. The van der Waals surface area contributed by atoms with Gasteiger partial charge in [-0.05, 0) is 49.7 Å². The predicted molar refractivity (Wildman–Crippen MR) is 111 cm³/mol. The van der Waals surface area contributed by atoms with Crippen LogP contribution >= 0.6 is 0 Å². The van der Waals surface area contributed by atoms with Crippen molar-refractivity contribution in [3.8, 4) is 12.1 Å². The van der Waals surface area contributed by atoms with E-state index >= 15 is 0 Å². The Bertz CT molecular complexity index is 1200. The topological polar surface area (TPSA) is 94.2 Å². The zero-order chi connectivity index (χ0) is 24.3. The molecule has 1 heterocycles. The van der Waals surface area contributed by atoms with Crippen LogP contribution < -0.4 is 4.90 Å². The second-order valence-corrected chi connectivity index (χ2v) is 7.26. The molecule has 9 heteroatoms. The third kappa shape index (κ3) is 4.44. The minimum absolute atomic E-state index is 0.00915. The van der Waals surface area contributed by atoms with Crippen LogP contribution in [0.15, 0.2) is 59.8 Å². The van der Waals surface area contributed by atoms with Crippen LogP contribution in [0.5, 0.6) is 0 Å². The molecule has 6 nitrogen and oxygen atoms in total. The number of ether oxygens (including phenoxy) is 1. The Morgan fingerprint density at radius 2 is 1.82 bits per heavy atom. The Morgan fingerprint density at radius 1 is 1.15 bits per heavy atom. The van der Waals surface area contributed by atoms with Gasteiger partial charge in [0.05, 0.1) is 35.4 Å². The summed E-state index contributed by atoms with van der Waals surface area (Å²) in [6, 6.07) is 14.0. The van der Waals surface area contributed by atoms with Gasteiger partial charge in [0.1, 0.15) is 5.92 Å². The van der Waals surface area contributed by atoms with Crippen molar-refractivity contribution in [3.05, 3.63) is 76.5 Å². The molecule has 0 aliphatic carbocycles. The third-order valence-corrected chi connectivity index (χ3v) is 5.32. The van der Waals surface area contributed by atoms with Crippen molar-refractivity contribution in [2.45, 2.75) is 25.9 Å². The number of anilines is 1. The summed E-state index contributed by atoms with van der Waals surface area (Å²) in [6.45, 7) is 3.03. The number of benzene rings is 2. The van der Waals surface area contributed by atoms with Crippen LogP contribution in [0.2, 0.25) is 0 Å². The maximum Gasteiger partial charge on any atom is 0.416 e. The molecule has 1 amide bonds. The number of allylic oxidation sites excluding steroid dienone is 1. The van der Waals surface area contributed by atoms with Gasteiger partial charge >= 0.3 is 12.1 Å². The molecule has 2 aromatic carbocycles. The number of rotatable bonds is 4. The molecule has 33 heavy (non-hydrogen) atoms. The molecule has 2 unspecified atom stereocenters. The van der Waals surface area contributed by atoms with E-state index in [1.807, 2.05) is 12.1 Å². The molecular formula is C24H18F3N3O3. The van der Waals surface area contributed by atoms with Crippen LogP contribution in [0.4, 0.5) is 18.9 Å². The Labute approximate surface area is 188 Å². The van der Waals surface area contributed by atoms with Gasteiger partial charge in [-0.15, -0.1) is 0 Å². The zero-order valence-electron chi connectivity index (χ0n) is 17.7. The minimum atomic E-state index is -4.64. The van der Waals surface area contributed by atoms with Gasteiger partial charge < -0.3 is 4.74 Å². The first kappa shape index (κ1) is 23.6. The second kappa shape index (κ2) is 9.17. The highest BCUT2D eigenvalue weighted by Gasteiger charge is 2.45. The number of carbonyl (C=O) groups excluding carboxylic acids is 2. The van der Waals surface area contributed by atoms with Crippen molar-refractivity contribution in [1.29, 1.82) is 10.5 Å². The van der Waals surface area contributed by atoms with Crippen LogP contribution in [0, 0.1) is 28.6 Å². The number of esters is 1. The summed E-state index contributed by atoms with van der Waals surface area (Å²) in [5, 5.41) is 18.9. The van der Waals surface area contributed by atoms with Gasteiger partial charge in [-0.1, -0.05) is 18.2 Å². The molecule has 0 fully saturated rings. The lowest BCUT2D eigenvalue weighted by atomic mass is 9.76. The fourth-order valence-corrected chi connectivity index (χ4v) is 3.84. The van der Waals surface area contributed by atoms with Crippen LogP contribution in [0.3, 0.4) is 0 Å². The summed E-state index contributed by atoms with van der Waals surface area (Å²) < 4.78 is 44.9. The average Bonchev–Trinajstić information content (AvgIpc) is 2.78. The van der Waals surface area contributed by atoms with Gasteiger partial charge in [0.25, 0.3) is 0 Å². The number of halogens is 3. The Hall–Kier alpha value is -4.11. The number of nitriles is 2. The number of carbonyl (C=O) groups is 2. The quantitative estimate of drug-likeness (QED) is 0.627. The fraction of sp³-hybridized carbons (Fsp3) is 0.250. The maximum atomic E-state index is 13.3. The summed E-state index contributed by atoms with van der Waals surface area (Å²) in [5.74, 6) is -3.97. The predicted octanol–water partition coefficient (Wildman–Crippen LogP) is 4.68. The lowest BCUT2D eigenvalue weighted by Crippen LogP contribution is -2.44. The number of hydrogen-bond donors (Lipinski definition) is 0. The minimum Gasteiger partial charge on any atom is -0.463 e. The largest absolute Gasteiger partial charge is 0.463 e. The Balaban J connectivity index is 2.25. The summed E-state index contributed by atoms with van der Waals surface area (Å²) in [4.78, 5) is 27.2. The van der Waals surface area contributed by atoms with Crippen molar-refractivity contribution < 1.29 is 27.5 Å². The smallest absolute Gasteiger partial charge is 0.416 e. The van der Waals surface area contributed by atoms with E-state index in [1.165, 1.54) is 37.3 Å². The molecule has 0 saturated carbocycles. The number of hydrogen-bond acceptors (Lipinski definition) is 5. The van der Waals surface area contributed by atoms with Crippen LogP contribution in [-0.2, 0) is 20.5 Å². The van der Waals surface area contributed by atoms with Crippen molar-refractivity contribution >= 4 is 17.6 Å². The summed E-state index contributed by atoms with van der Waals surface area (Å²) in [6.07, 6.45) is -4.64. The van der Waals surface area contributed by atoms with Crippen LogP contribution in [0.1, 0.15) is 36.5 Å². The van der Waals surface area contributed by atoms with E-state index in [1.54, 1.807) is 6.92 Å². The van der Waals surface area contributed by atoms with E-state index in [4.69, 9.17) is 10.00 Å². The van der Waals surface area contributed by atoms with Crippen LogP contribution in [0.25, 0.3) is 0 Å². The number of nitrogens with zero attached hydrogens (tertiary/aromatic N) is 3. The summed E-state index contributed by atoms with van der Waals surface area (Å²) in [7, 11) is 0. The van der Waals surface area contributed by atoms with Crippen LogP contribution in [-0.4, -0.2) is 18.5 Å². The lowest BCUT2D eigenvalue weighted by molar-refractivity contribution is -0.139. The van der Waals surface area contributed by atoms with Gasteiger partial charge in [0, 0.05) is 17.3 Å². The van der Waals surface area contributed by atoms with Gasteiger partial charge in [-0.2, -0.15) is 23.7 Å². The van der Waals surface area contributed by atoms with Crippen molar-refractivity contribution in [3.63, 3.8) is 0 Å². The highest BCUT2D eigenvalue weighted by molar-refractivity contribution is 6.06. The molecule has 3 rings (SSSR count). The van der Waals surface area contributed by atoms with Gasteiger partial charge in [0.2, 0.25) is 5.91 Å². The standard InChI is InChI=1S/C24H18F3N3O3/c1-3-33-23(32)20-14(2)30(18-6-4-5-17(11-18)24(25,26)27)22(31)19(13-29)21(20)16-9-7-15(12-28)8-10-16/h4-11,19,21H,3H2,1-2H3. The molecule has 168 valence electrons. The molecule has 0 N–H and O–H groups in total. The molecule has 0 radical (unpaired) electrons. The van der Waals surface area contributed by atoms with E-state index < -0.39 is 35.5 Å². The van der Waals surface area contributed by atoms with Crippen molar-refractivity contribution in [1.82, 2.24) is 0 Å². The summed E-state index contributed by atoms with van der Waals surface area (Å²) >= 11 is 0. The SMILES string of the molecule is CCOC(=O)C1=C(C)N(c2cccc(C(F)(F)F)c2)C(=O)C(C#N)C1c1ccc(C#N)cc1. The van der Waals surface area contributed by atoms with E-state index in [2.05, 4.69) is 0 Å². The molecular weight excluding hydrogens is 435 g/mol. The second-order valence-electron chi connectivity index (χ2n) is 7.26. The first-order chi connectivity index (χ1) is 15.6. The Kier molecular flexibility index (Phi) is 6.55. The molecule has 1 aliphatic heterocycles. The van der Waals surface area contributed by atoms with E-state index in [9.17, 15) is 28.0 Å². The highest BCUT2D eigenvalue weighted by Crippen LogP contribution is 2.43.